The second-order valence-electron chi connectivity index (χ2n) is 9.93. The molecule has 36 heavy (non-hydrogen) atoms. The first-order valence-corrected chi connectivity index (χ1v) is 12.9. The van der Waals surface area contributed by atoms with E-state index in [-0.39, 0.29) is 17.4 Å². The molecule has 1 heterocycles. The van der Waals surface area contributed by atoms with E-state index in [2.05, 4.69) is 26.0 Å². The van der Waals surface area contributed by atoms with Crippen molar-refractivity contribution in [2.24, 2.45) is 0 Å². The maximum absolute atomic E-state index is 12.7. The van der Waals surface area contributed by atoms with Gasteiger partial charge in [-0.25, -0.2) is 4.79 Å². The van der Waals surface area contributed by atoms with Crippen molar-refractivity contribution in [2.45, 2.75) is 58.4 Å². The summed E-state index contributed by atoms with van der Waals surface area (Å²) in [5, 5.41) is 21.4. The Morgan fingerprint density at radius 1 is 1.03 bits per heavy atom. The minimum atomic E-state index is -0.975. The lowest BCUT2D eigenvalue weighted by Crippen LogP contribution is -2.13. The summed E-state index contributed by atoms with van der Waals surface area (Å²) in [7, 11) is 0. The Hall–Kier alpha value is -3.73. The van der Waals surface area contributed by atoms with Crippen LogP contribution in [-0.4, -0.2) is 27.4 Å². The first-order chi connectivity index (χ1) is 17.5. The Kier molecular flexibility index (Phi) is 6.73. The highest BCUT2D eigenvalue weighted by Gasteiger charge is 2.25. The van der Waals surface area contributed by atoms with E-state index in [0.717, 1.165) is 40.6 Å². The van der Waals surface area contributed by atoms with Crippen LogP contribution in [0.2, 0.25) is 0 Å². The minimum Gasteiger partial charge on any atom is -0.508 e. The third-order valence-corrected chi connectivity index (χ3v) is 7.24. The molecule has 0 unspecified atom stereocenters. The van der Waals surface area contributed by atoms with Gasteiger partial charge in [0.05, 0.1) is 6.61 Å². The second-order valence-corrected chi connectivity index (χ2v) is 9.93. The first kappa shape index (κ1) is 24.0. The summed E-state index contributed by atoms with van der Waals surface area (Å²) in [6.45, 7) is 5.22. The molecule has 0 radical (unpaired) electrons. The average Bonchev–Trinajstić information content (AvgIpc) is 3.20. The van der Waals surface area contributed by atoms with E-state index in [1.807, 2.05) is 41.0 Å². The zero-order valence-electron chi connectivity index (χ0n) is 21.0. The van der Waals surface area contributed by atoms with Crippen molar-refractivity contribution >= 4 is 16.9 Å². The molecule has 0 saturated heterocycles. The molecule has 0 fully saturated rings. The fourth-order valence-electron chi connectivity index (χ4n) is 5.58. The number of ether oxygens (including phenoxy) is 1. The molecule has 0 aliphatic heterocycles. The standard InChI is InChI=1S/C31H33NO4/c1-20(2)23-11-5-6-13-25(23)29-26-19-22(33)15-16-27(26)32(30(29)31(34)35)17-8-18-36-28-14-7-10-21-9-3-4-12-24(21)28/h5-7,10-11,13-16,19-20,33H,3-4,8-9,12,17-18H2,1-2H3,(H,34,35). The van der Waals surface area contributed by atoms with Gasteiger partial charge in [0.1, 0.15) is 17.2 Å². The Morgan fingerprint density at radius 3 is 2.64 bits per heavy atom. The lowest BCUT2D eigenvalue weighted by molar-refractivity contribution is 0.0686. The number of aromatic carboxylic acids is 1. The summed E-state index contributed by atoms with van der Waals surface area (Å²) in [6.07, 6.45) is 5.25. The summed E-state index contributed by atoms with van der Waals surface area (Å²) in [5.74, 6) is 0.331. The van der Waals surface area contributed by atoms with Crippen LogP contribution in [0.3, 0.4) is 0 Å². The molecule has 5 rings (SSSR count). The number of aromatic nitrogens is 1. The molecule has 0 spiro atoms. The smallest absolute Gasteiger partial charge is 0.353 e. The molecule has 4 aromatic rings. The predicted molar refractivity (Wildman–Crippen MR) is 143 cm³/mol. The van der Waals surface area contributed by atoms with Crippen LogP contribution in [0.1, 0.15) is 66.2 Å². The van der Waals surface area contributed by atoms with Crippen LogP contribution >= 0.6 is 0 Å². The monoisotopic (exact) mass is 483 g/mol. The van der Waals surface area contributed by atoms with E-state index in [1.54, 1.807) is 12.1 Å². The van der Waals surface area contributed by atoms with Crippen molar-refractivity contribution in [1.29, 1.82) is 0 Å². The number of benzene rings is 3. The van der Waals surface area contributed by atoms with Crippen molar-refractivity contribution in [3.63, 3.8) is 0 Å². The number of rotatable bonds is 8. The van der Waals surface area contributed by atoms with Crippen molar-refractivity contribution in [1.82, 2.24) is 4.57 Å². The maximum Gasteiger partial charge on any atom is 0.353 e. The number of hydrogen-bond acceptors (Lipinski definition) is 3. The highest BCUT2D eigenvalue weighted by Crippen LogP contribution is 2.40. The summed E-state index contributed by atoms with van der Waals surface area (Å²) in [6, 6.07) is 19.4. The Balaban J connectivity index is 1.49. The average molecular weight is 484 g/mol. The van der Waals surface area contributed by atoms with Gasteiger partial charge in [-0.3, -0.25) is 0 Å². The van der Waals surface area contributed by atoms with Gasteiger partial charge in [-0.15, -0.1) is 0 Å². The maximum atomic E-state index is 12.7. The van der Waals surface area contributed by atoms with Crippen LogP contribution < -0.4 is 4.74 Å². The molecule has 186 valence electrons. The molecular weight excluding hydrogens is 450 g/mol. The SMILES string of the molecule is CC(C)c1ccccc1-c1c(C(=O)O)n(CCCOc2cccc3c2CCCC3)c2ccc(O)cc12. The van der Waals surface area contributed by atoms with Gasteiger partial charge in [0.25, 0.3) is 0 Å². The van der Waals surface area contributed by atoms with Crippen molar-refractivity contribution in [2.75, 3.05) is 6.61 Å². The summed E-state index contributed by atoms with van der Waals surface area (Å²) in [4.78, 5) is 12.7. The number of phenolic OH excluding ortho intramolecular Hbond substituents is 1. The van der Waals surface area contributed by atoms with Crippen LogP contribution in [0.15, 0.2) is 60.7 Å². The third kappa shape index (κ3) is 4.46. The molecule has 5 nitrogen and oxygen atoms in total. The zero-order valence-corrected chi connectivity index (χ0v) is 21.0. The van der Waals surface area contributed by atoms with Gasteiger partial charge in [0.2, 0.25) is 0 Å². The van der Waals surface area contributed by atoms with Crippen LogP contribution in [-0.2, 0) is 19.4 Å². The van der Waals surface area contributed by atoms with Crippen molar-refractivity contribution in [3.05, 3.63) is 83.0 Å². The van der Waals surface area contributed by atoms with Gasteiger partial charge in [-0.05, 0) is 84.5 Å². The largest absolute Gasteiger partial charge is 0.508 e. The number of fused-ring (bicyclic) bond motifs is 2. The molecule has 5 heteroatoms. The molecule has 1 aromatic heterocycles. The number of carboxylic acids is 1. The first-order valence-electron chi connectivity index (χ1n) is 12.9. The number of aromatic hydroxyl groups is 1. The van der Waals surface area contributed by atoms with Crippen molar-refractivity contribution < 1.29 is 19.7 Å². The highest BCUT2D eigenvalue weighted by atomic mass is 16.5. The number of carbonyl (C=O) groups is 1. The van der Waals surface area contributed by atoms with E-state index in [9.17, 15) is 15.0 Å². The molecule has 1 aliphatic carbocycles. The van der Waals surface area contributed by atoms with Gasteiger partial charge < -0.3 is 19.5 Å². The molecule has 1 aliphatic rings. The normalized spacial score (nSPS) is 13.2. The van der Waals surface area contributed by atoms with Gasteiger partial charge in [-0.2, -0.15) is 0 Å². The van der Waals surface area contributed by atoms with Crippen molar-refractivity contribution in [3.8, 4) is 22.6 Å². The molecule has 0 amide bonds. The number of phenols is 1. The lowest BCUT2D eigenvalue weighted by Gasteiger charge is -2.19. The van der Waals surface area contributed by atoms with Crippen LogP contribution in [0.5, 0.6) is 11.5 Å². The summed E-state index contributed by atoms with van der Waals surface area (Å²) < 4.78 is 8.07. The fraction of sp³-hybridized carbons (Fsp3) is 0.323. The molecule has 3 aromatic carbocycles. The zero-order chi connectivity index (χ0) is 25.2. The fourth-order valence-corrected chi connectivity index (χ4v) is 5.58. The van der Waals surface area contributed by atoms with Crippen LogP contribution in [0.25, 0.3) is 22.0 Å². The number of nitrogens with zero attached hydrogens (tertiary/aromatic N) is 1. The number of hydrogen-bond donors (Lipinski definition) is 2. The molecule has 0 atom stereocenters. The second kappa shape index (κ2) is 10.1. The summed E-state index contributed by atoms with van der Waals surface area (Å²) in [5.41, 5.74) is 6.40. The predicted octanol–water partition coefficient (Wildman–Crippen LogP) is 7.18. The quantitative estimate of drug-likeness (QED) is 0.260. The molecule has 2 N–H and O–H groups in total. The minimum absolute atomic E-state index is 0.122. The molecule has 0 saturated carbocycles. The Labute approximate surface area is 212 Å². The molecule has 0 bridgehead atoms. The number of carboxylic acid groups (broad SMARTS) is 1. The van der Waals surface area contributed by atoms with Gasteiger partial charge in [-0.1, -0.05) is 50.2 Å². The van der Waals surface area contributed by atoms with Gasteiger partial charge >= 0.3 is 5.97 Å². The third-order valence-electron chi connectivity index (χ3n) is 7.24. The van der Waals surface area contributed by atoms with Gasteiger partial charge in [0, 0.05) is 23.0 Å². The van der Waals surface area contributed by atoms with E-state index in [0.29, 0.717) is 25.1 Å². The number of aryl methyl sites for hydroxylation is 2. The van der Waals surface area contributed by atoms with E-state index < -0.39 is 5.97 Å². The van der Waals surface area contributed by atoms with Gasteiger partial charge in [0.15, 0.2) is 0 Å². The molecular formula is C31H33NO4. The summed E-state index contributed by atoms with van der Waals surface area (Å²) >= 11 is 0. The Bertz CT molecular complexity index is 1420. The van der Waals surface area contributed by atoms with E-state index in [1.165, 1.54) is 24.0 Å². The van der Waals surface area contributed by atoms with E-state index in [4.69, 9.17) is 4.74 Å². The Morgan fingerprint density at radius 2 is 1.83 bits per heavy atom. The topological polar surface area (TPSA) is 71.7 Å². The van der Waals surface area contributed by atoms with Crippen LogP contribution in [0, 0.1) is 0 Å². The highest BCUT2D eigenvalue weighted by molar-refractivity contribution is 6.09. The van der Waals surface area contributed by atoms with E-state index >= 15 is 0 Å². The van der Waals surface area contributed by atoms with Crippen LogP contribution in [0.4, 0.5) is 0 Å². The lowest BCUT2D eigenvalue weighted by atomic mass is 9.91.